The van der Waals surface area contributed by atoms with E-state index in [2.05, 4.69) is 30.9 Å². The van der Waals surface area contributed by atoms with Crippen LogP contribution in [0.15, 0.2) is 85.3 Å². The molecule has 0 saturated heterocycles. The van der Waals surface area contributed by atoms with E-state index in [0.717, 1.165) is 24.3 Å². The highest BCUT2D eigenvalue weighted by Gasteiger charge is 2.08. The van der Waals surface area contributed by atoms with Gasteiger partial charge < -0.3 is 21.7 Å². The summed E-state index contributed by atoms with van der Waals surface area (Å²) in [7, 11) is 0. The molecule has 2 heterocycles. The zero-order valence-electron chi connectivity index (χ0n) is 18.0. The molecule has 0 fully saturated rings. The molecule has 8 heteroatoms. The first-order valence-electron chi connectivity index (χ1n) is 10.6. The summed E-state index contributed by atoms with van der Waals surface area (Å²) in [5, 5.41) is 9.35. The minimum Gasteiger partial charge on any atom is -0.397 e. The fourth-order valence-electron chi connectivity index (χ4n) is 3.18. The Hall–Kier alpha value is -4.46. The van der Waals surface area contributed by atoms with Gasteiger partial charge in [-0.15, -0.1) is 0 Å². The molecular formula is C25H25N7O. The fraction of sp³-hybridized carbons (Fsp3) is 0.120. The topological polar surface area (TPSA) is 118 Å². The molecule has 0 radical (unpaired) electrons. The summed E-state index contributed by atoms with van der Waals surface area (Å²) < 4.78 is 0. The smallest absolute Gasteiger partial charge is 0.255 e. The van der Waals surface area contributed by atoms with Crippen LogP contribution in [0.4, 0.5) is 23.1 Å². The molecule has 33 heavy (non-hydrogen) atoms. The predicted octanol–water partition coefficient (Wildman–Crippen LogP) is 3.97. The van der Waals surface area contributed by atoms with Crippen molar-refractivity contribution in [3.8, 4) is 0 Å². The van der Waals surface area contributed by atoms with Crippen LogP contribution in [0, 0.1) is 0 Å². The quantitative estimate of drug-likeness (QED) is 0.291. The van der Waals surface area contributed by atoms with E-state index in [9.17, 15) is 4.79 Å². The molecule has 5 N–H and O–H groups in total. The Kier molecular flexibility index (Phi) is 7.07. The van der Waals surface area contributed by atoms with Gasteiger partial charge in [-0.3, -0.25) is 9.78 Å². The first-order chi connectivity index (χ1) is 16.2. The van der Waals surface area contributed by atoms with Crippen LogP contribution in [0.3, 0.4) is 0 Å². The molecule has 4 rings (SSSR count). The van der Waals surface area contributed by atoms with Gasteiger partial charge in [0, 0.05) is 37.2 Å². The summed E-state index contributed by atoms with van der Waals surface area (Å²) >= 11 is 0. The Morgan fingerprint density at radius 1 is 0.879 bits per heavy atom. The predicted molar refractivity (Wildman–Crippen MR) is 131 cm³/mol. The molecule has 0 bridgehead atoms. The maximum absolute atomic E-state index is 12.5. The highest BCUT2D eigenvalue weighted by molar-refractivity contribution is 6.05. The Bertz CT molecular complexity index is 1200. The SMILES string of the molecule is Nc1ccccc1NC(=O)c1ccc(CNc2nccc(NCCc3cccnc3)n2)cc1. The van der Waals surface area contributed by atoms with Gasteiger partial charge >= 0.3 is 0 Å². The minimum absolute atomic E-state index is 0.208. The number of anilines is 4. The summed E-state index contributed by atoms with van der Waals surface area (Å²) in [6.45, 7) is 1.28. The number of hydrogen-bond acceptors (Lipinski definition) is 7. The number of nitrogens with one attached hydrogen (secondary N) is 3. The van der Waals surface area contributed by atoms with Crippen LogP contribution in [0.2, 0.25) is 0 Å². The van der Waals surface area contributed by atoms with Gasteiger partial charge in [-0.1, -0.05) is 30.3 Å². The Morgan fingerprint density at radius 2 is 1.73 bits per heavy atom. The number of para-hydroxylation sites is 2. The number of carbonyl (C=O) groups excluding carboxylic acids is 1. The van der Waals surface area contributed by atoms with E-state index in [1.165, 1.54) is 5.56 Å². The Labute approximate surface area is 192 Å². The molecule has 0 spiro atoms. The maximum Gasteiger partial charge on any atom is 0.255 e. The number of nitrogen functional groups attached to an aromatic ring is 1. The molecule has 0 aliphatic carbocycles. The zero-order valence-corrected chi connectivity index (χ0v) is 18.0. The highest BCUT2D eigenvalue weighted by atomic mass is 16.1. The van der Waals surface area contributed by atoms with E-state index >= 15 is 0 Å². The van der Waals surface area contributed by atoms with Gasteiger partial charge in [0.05, 0.1) is 11.4 Å². The normalized spacial score (nSPS) is 10.4. The lowest BCUT2D eigenvalue weighted by Crippen LogP contribution is -2.13. The van der Waals surface area contributed by atoms with Crippen LogP contribution < -0.4 is 21.7 Å². The maximum atomic E-state index is 12.5. The van der Waals surface area contributed by atoms with Crippen molar-refractivity contribution in [3.63, 3.8) is 0 Å². The molecule has 0 atom stereocenters. The van der Waals surface area contributed by atoms with E-state index in [1.54, 1.807) is 36.7 Å². The largest absolute Gasteiger partial charge is 0.397 e. The number of pyridine rings is 1. The second-order valence-electron chi connectivity index (χ2n) is 7.40. The number of nitrogens with two attached hydrogens (primary N) is 1. The van der Waals surface area contributed by atoms with Gasteiger partial charge in [0.1, 0.15) is 5.82 Å². The van der Waals surface area contributed by atoms with Gasteiger partial charge in [0.2, 0.25) is 5.95 Å². The minimum atomic E-state index is -0.208. The summed E-state index contributed by atoms with van der Waals surface area (Å²) in [4.78, 5) is 25.4. The molecule has 0 saturated carbocycles. The summed E-state index contributed by atoms with van der Waals surface area (Å²) in [5.41, 5.74) is 9.74. The van der Waals surface area contributed by atoms with E-state index in [0.29, 0.717) is 29.4 Å². The van der Waals surface area contributed by atoms with Gasteiger partial charge in [0.25, 0.3) is 5.91 Å². The van der Waals surface area contributed by atoms with Crippen molar-refractivity contribution >= 4 is 29.0 Å². The number of rotatable bonds is 9. The van der Waals surface area contributed by atoms with Gasteiger partial charge in [-0.05, 0) is 53.9 Å². The van der Waals surface area contributed by atoms with Crippen LogP contribution in [-0.4, -0.2) is 27.4 Å². The van der Waals surface area contributed by atoms with Crippen molar-refractivity contribution in [1.29, 1.82) is 0 Å². The Balaban J connectivity index is 1.28. The molecule has 4 aromatic rings. The third kappa shape index (κ3) is 6.27. The van der Waals surface area contributed by atoms with E-state index in [-0.39, 0.29) is 5.91 Å². The third-order valence-electron chi connectivity index (χ3n) is 4.97. The number of nitrogens with zero attached hydrogens (tertiary/aromatic N) is 3. The number of benzene rings is 2. The summed E-state index contributed by atoms with van der Waals surface area (Å²) in [5.74, 6) is 1.08. The molecule has 2 aromatic heterocycles. The average Bonchev–Trinajstić information content (AvgIpc) is 2.85. The first kappa shape index (κ1) is 21.8. The third-order valence-corrected chi connectivity index (χ3v) is 4.97. The van der Waals surface area contributed by atoms with Crippen molar-refractivity contribution in [1.82, 2.24) is 15.0 Å². The van der Waals surface area contributed by atoms with E-state index in [4.69, 9.17) is 5.73 Å². The molecule has 0 aliphatic heterocycles. The average molecular weight is 440 g/mol. The van der Waals surface area contributed by atoms with E-state index < -0.39 is 0 Å². The van der Waals surface area contributed by atoms with Gasteiger partial charge in [-0.25, -0.2) is 4.98 Å². The van der Waals surface area contributed by atoms with Crippen LogP contribution in [0.25, 0.3) is 0 Å². The molecule has 0 aliphatic rings. The molecule has 0 unspecified atom stereocenters. The lowest BCUT2D eigenvalue weighted by molar-refractivity contribution is 0.102. The number of hydrogen-bond donors (Lipinski definition) is 4. The van der Waals surface area contributed by atoms with Crippen molar-refractivity contribution in [2.45, 2.75) is 13.0 Å². The molecular weight excluding hydrogens is 414 g/mol. The second-order valence-corrected chi connectivity index (χ2v) is 7.40. The lowest BCUT2D eigenvalue weighted by Gasteiger charge is -2.10. The Morgan fingerprint density at radius 3 is 2.52 bits per heavy atom. The monoisotopic (exact) mass is 439 g/mol. The van der Waals surface area contributed by atoms with Crippen LogP contribution >= 0.6 is 0 Å². The van der Waals surface area contributed by atoms with Crippen molar-refractivity contribution in [3.05, 3.63) is 102 Å². The van der Waals surface area contributed by atoms with E-state index in [1.807, 2.05) is 48.7 Å². The molecule has 8 nitrogen and oxygen atoms in total. The number of carbonyl (C=O) groups is 1. The van der Waals surface area contributed by atoms with Gasteiger partial charge in [0.15, 0.2) is 0 Å². The van der Waals surface area contributed by atoms with Crippen LogP contribution in [-0.2, 0) is 13.0 Å². The summed E-state index contributed by atoms with van der Waals surface area (Å²) in [6, 6.07) is 20.3. The molecule has 2 aromatic carbocycles. The van der Waals surface area contributed by atoms with Gasteiger partial charge in [-0.2, -0.15) is 4.98 Å². The molecule has 166 valence electrons. The van der Waals surface area contributed by atoms with Crippen molar-refractivity contribution in [2.24, 2.45) is 0 Å². The van der Waals surface area contributed by atoms with Crippen LogP contribution in [0.5, 0.6) is 0 Å². The van der Waals surface area contributed by atoms with Crippen molar-refractivity contribution < 1.29 is 4.79 Å². The zero-order chi connectivity index (χ0) is 22.9. The second kappa shape index (κ2) is 10.7. The fourth-order valence-corrected chi connectivity index (χ4v) is 3.18. The lowest BCUT2D eigenvalue weighted by atomic mass is 10.1. The first-order valence-corrected chi connectivity index (χ1v) is 10.6. The van der Waals surface area contributed by atoms with Crippen LogP contribution in [0.1, 0.15) is 21.5 Å². The standard InChI is InChI=1S/C25H25N7O/c26-21-5-1-2-6-22(21)31-24(33)20-9-7-19(8-10-20)17-30-25-29-15-12-23(32-25)28-14-11-18-4-3-13-27-16-18/h1-10,12-13,15-16H,11,14,17,26H2,(H,31,33)(H2,28,29,30,32). The number of amides is 1. The highest BCUT2D eigenvalue weighted by Crippen LogP contribution is 2.18. The molecule has 1 amide bonds. The summed E-state index contributed by atoms with van der Waals surface area (Å²) in [6.07, 6.45) is 6.20. The number of aromatic nitrogens is 3. The van der Waals surface area contributed by atoms with Crippen molar-refractivity contribution in [2.75, 3.05) is 28.2 Å².